The number of nitrogens with one attached hydrogen (secondary N) is 2. The summed E-state index contributed by atoms with van der Waals surface area (Å²) in [4.78, 5) is 31.3. The largest absolute Gasteiger partial charge is 0.417 e. The van der Waals surface area contributed by atoms with E-state index in [4.69, 9.17) is 11.6 Å². The summed E-state index contributed by atoms with van der Waals surface area (Å²) in [5, 5.41) is 4.92. The van der Waals surface area contributed by atoms with Crippen molar-refractivity contribution in [2.45, 2.75) is 12.7 Å². The Bertz CT molecular complexity index is 963. The molecule has 3 amide bonds. The van der Waals surface area contributed by atoms with Gasteiger partial charge in [0.2, 0.25) is 5.91 Å². The summed E-state index contributed by atoms with van der Waals surface area (Å²) >= 11 is 5.98. The molecule has 1 aromatic carbocycles. The Morgan fingerprint density at radius 2 is 1.72 bits per heavy atom. The number of carbonyl (C=O) groups excluding carboxylic acids is 2. The third-order valence-corrected chi connectivity index (χ3v) is 5.13. The van der Waals surface area contributed by atoms with E-state index < -0.39 is 17.8 Å². The fraction of sp³-hybridized carbons (Fsp3) is 0.350. The van der Waals surface area contributed by atoms with Crippen LogP contribution in [0.2, 0.25) is 5.02 Å². The molecule has 0 unspecified atom stereocenters. The van der Waals surface area contributed by atoms with E-state index in [9.17, 15) is 27.2 Å². The molecular weight excluding hydrogens is 454 g/mol. The predicted octanol–water partition coefficient (Wildman–Crippen LogP) is 3.04. The number of amides is 3. The number of aromatic nitrogens is 1. The Hall–Kier alpha value is -3.08. The average molecular weight is 474 g/mol. The molecule has 12 heteroatoms. The summed E-state index contributed by atoms with van der Waals surface area (Å²) in [6, 6.07) is 5.94. The molecule has 0 aliphatic carbocycles. The third-order valence-electron chi connectivity index (χ3n) is 4.85. The smallest absolute Gasteiger partial charge is 0.352 e. The van der Waals surface area contributed by atoms with Crippen LogP contribution in [0.5, 0.6) is 0 Å². The lowest BCUT2D eigenvalue weighted by molar-refractivity contribution is -0.137. The molecule has 1 saturated heterocycles. The molecule has 2 aromatic rings. The van der Waals surface area contributed by atoms with Gasteiger partial charge in [-0.1, -0.05) is 23.7 Å². The van der Waals surface area contributed by atoms with Crippen LogP contribution in [0.15, 0.2) is 36.5 Å². The zero-order chi connectivity index (χ0) is 23.3. The highest BCUT2D eigenvalue weighted by Gasteiger charge is 2.32. The molecule has 1 aliphatic rings. The van der Waals surface area contributed by atoms with E-state index in [1.165, 1.54) is 29.2 Å². The van der Waals surface area contributed by atoms with Gasteiger partial charge in [-0.2, -0.15) is 13.2 Å². The van der Waals surface area contributed by atoms with Gasteiger partial charge in [-0.05, 0) is 23.8 Å². The van der Waals surface area contributed by atoms with Gasteiger partial charge in [0.1, 0.15) is 11.6 Å². The van der Waals surface area contributed by atoms with Gasteiger partial charge in [-0.25, -0.2) is 14.2 Å². The van der Waals surface area contributed by atoms with Crippen LogP contribution in [0.4, 0.5) is 28.2 Å². The number of pyridine rings is 1. The molecule has 0 spiro atoms. The normalized spacial score (nSPS) is 14.3. The van der Waals surface area contributed by atoms with E-state index >= 15 is 0 Å². The molecule has 2 heterocycles. The zero-order valence-corrected chi connectivity index (χ0v) is 17.5. The lowest BCUT2D eigenvalue weighted by Crippen LogP contribution is -2.52. The van der Waals surface area contributed by atoms with E-state index in [-0.39, 0.29) is 35.7 Å². The lowest BCUT2D eigenvalue weighted by atomic mass is 10.2. The Kier molecular flexibility index (Phi) is 7.39. The molecule has 3 rings (SSSR count). The fourth-order valence-corrected chi connectivity index (χ4v) is 3.39. The molecule has 2 N–H and O–H groups in total. The Morgan fingerprint density at radius 1 is 1.06 bits per heavy atom. The SMILES string of the molecule is O=C(NCC(=O)N1CCN(c2ncc(C(F)(F)F)cc2Cl)CC1)NCc1ccc(F)cc1. The van der Waals surface area contributed by atoms with Gasteiger partial charge in [0.25, 0.3) is 0 Å². The second kappa shape index (κ2) is 10.0. The van der Waals surface area contributed by atoms with E-state index in [1.54, 1.807) is 4.90 Å². The summed E-state index contributed by atoms with van der Waals surface area (Å²) < 4.78 is 51.1. The molecule has 172 valence electrons. The Morgan fingerprint density at radius 3 is 2.31 bits per heavy atom. The van der Waals surface area contributed by atoms with Crippen LogP contribution in [0.25, 0.3) is 0 Å². The topological polar surface area (TPSA) is 77.6 Å². The molecule has 1 fully saturated rings. The molecule has 0 radical (unpaired) electrons. The monoisotopic (exact) mass is 473 g/mol. The van der Waals surface area contributed by atoms with Crippen LogP contribution in [0.1, 0.15) is 11.1 Å². The van der Waals surface area contributed by atoms with Crippen LogP contribution in [-0.4, -0.2) is 54.5 Å². The molecule has 0 atom stereocenters. The summed E-state index contributed by atoms with van der Waals surface area (Å²) in [6.07, 6.45) is -3.80. The fourth-order valence-electron chi connectivity index (χ4n) is 3.10. The van der Waals surface area contributed by atoms with Gasteiger partial charge in [0, 0.05) is 38.9 Å². The van der Waals surface area contributed by atoms with E-state index in [0.717, 1.165) is 12.3 Å². The number of piperazine rings is 1. The summed E-state index contributed by atoms with van der Waals surface area (Å²) in [6.45, 7) is 1.24. The number of nitrogens with zero attached hydrogens (tertiary/aromatic N) is 3. The number of hydrogen-bond donors (Lipinski definition) is 2. The number of halogens is 5. The Balaban J connectivity index is 1.43. The van der Waals surface area contributed by atoms with Crippen molar-refractivity contribution in [3.05, 3.63) is 58.5 Å². The van der Waals surface area contributed by atoms with Gasteiger partial charge in [-0.15, -0.1) is 0 Å². The highest BCUT2D eigenvalue weighted by molar-refractivity contribution is 6.33. The van der Waals surface area contributed by atoms with Crippen LogP contribution < -0.4 is 15.5 Å². The first kappa shape index (κ1) is 23.6. The van der Waals surface area contributed by atoms with Gasteiger partial charge in [0.15, 0.2) is 0 Å². The number of rotatable bonds is 5. The minimum atomic E-state index is -4.53. The van der Waals surface area contributed by atoms with Crippen molar-refractivity contribution in [3.8, 4) is 0 Å². The molecule has 1 aliphatic heterocycles. The predicted molar refractivity (Wildman–Crippen MR) is 110 cm³/mol. The first-order chi connectivity index (χ1) is 15.1. The van der Waals surface area contributed by atoms with Crippen LogP contribution >= 0.6 is 11.6 Å². The molecule has 32 heavy (non-hydrogen) atoms. The quantitative estimate of drug-likeness (QED) is 0.654. The van der Waals surface area contributed by atoms with E-state index in [1.807, 2.05) is 0 Å². The van der Waals surface area contributed by atoms with Crippen LogP contribution in [-0.2, 0) is 17.5 Å². The molecule has 0 saturated carbocycles. The number of anilines is 1. The molecule has 1 aromatic heterocycles. The first-order valence-electron chi connectivity index (χ1n) is 9.65. The van der Waals surface area contributed by atoms with Crippen LogP contribution in [0.3, 0.4) is 0 Å². The summed E-state index contributed by atoms with van der Waals surface area (Å²) in [5.74, 6) is -0.446. The average Bonchev–Trinajstić information content (AvgIpc) is 2.76. The number of carbonyl (C=O) groups is 2. The van der Waals surface area contributed by atoms with Gasteiger partial charge in [0.05, 0.1) is 17.1 Å². The first-order valence-corrected chi connectivity index (χ1v) is 10.0. The van der Waals surface area contributed by atoms with Gasteiger partial charge < -0.3 is 20.4 Å². The highest BCUT2D eigenvalue weighted by Crippen LogP contribution is 2.33. The molecule has 7 nitrogen and oxygen atoms in total. The molecular formula is C20H20ClF4N5O2. The third kappa shape index (κ3) is 6.22. The lowest BCUT2D eigenvalue weighted by Gasteiger charge is -2.35. The standard InChI is InChI=1S/C20H20ClF4N5O2/c21-16-9-14(20(23,24)25)11-26-18(16)30-7-5-29(6-8-30)17(31)12-28-19(32)27-10-13-1-3-15(22)4-2-13/h1-4,9,11H,5-8,10,12H2,(H2,27,28,32). The highest BCUT2D eigenvalue weighted by atomic mass is 35.5. The minimum absolute atomic E-state index is 0.112. The van der Waals surface area contributed by atoms with E-state index in [2.05, 4.69) is 15.6 Å². The van der Waals surface area contributed by atoms with Crippen molar-refractivity contribution in [3.63, 3.8) is 0 Å². The number of alkyl halides is 3. The minimum Gasteiger partial charge on any atom is -0.352 e. The van der Waals surface area contributed by atoms with Gasteiger partial charge in [-0.3, -0.25) is 4.79 Å². The Labute approximate surface area is 186 Å². The van der Waals surface area contributed by atoms with Crippen molar-refractivity contribution >= 4 is 29.4 Å². The number of urea groups is 1. The van der Waals surface area contributed by atoms with Crippen molar-refractivity contribution in [1.82, 2.24) is 20.5 Å². The number of benzene rings is 1. The maximum absolute atomic E-state index is 12.9. The van der Waals surface area contributed by atoms with Crippen molar-refractivity contribution in [2.75, 3.05) is 37.6 Å². The van der Waals surface area contributed by atoms with E-state index in [0.29, 0.717) is 31.7 Å². The maximum Gasteiger partial charge on any atom is 0.417 e. The second-order valence-corrected chi connectivity index (χ2v) is 7.46. The zero-order valence-electron chi connectivity index (χ0n) is 16.8. The van der Waals surface area contributed by atoms with Gasteiger partial charge >= 0.3 is 12.2 Å². The van der Waals surface area contributed by atoms with Crippen molar-refractivity contribution in [1.29, 1.82) is 0 Å². The molecule has 0 bridgehead atoms. The van der Waals surface area contributed by atoms with Crippen molar-refractivity contribution < 1.29 is 27.2 Å². The second-order valence-electron chi connectivity index (χ2n) is 7.06. The number of hydrogen-bond acceptors (Lipinski definition) is 4. The summed E-state index contributed by atoms with van der Waals surface area (Å²) in [5.41, 5.74) is -0.219. The summed E-state index contributed by atoms with van der Waals surface area (Å²) in [7, 11) is 0. The van der Waals surface area contributed by atoms with Crippen LogP contribution in [0, 0.1) is 5.82 Å². The van der Waals surface area contributed by atoms with Crippen molar-refractivity contribution in [2.24, 2.45) is 0 Å². The maximum atomic E-state index is 12.9.